The van der Waals surface area contributed by atoms with Crippen LogP contribution in [0.4, 0.5) is 17.1 Å². The molecule has 0 radical (unpaired) electrons. The average molecular weight is 765 g/mol. The summed E-state index contributed by atoms with van der Waals surface area (Å²) >= 11 is 0. The van der Waals surface area contributed by atoms with Gasteiger partial charge in [-0.3, -0.25) is 0 Å². The minimum absolute atomic E-state index is 1.08. The van der Waals surface area contributed by atoms with Crippen molar-refractivity contribution in [2.75, 3.05) is 4.90 Å². The molecule has 0 unspecified atom stereocenters. The fourth-order valence-corrected chi connectivity index (χ4v) is 8.98. The van der Waals surface area contributed by atoms with Crippen LogP contribution in [0.5, 0.6) is 0 Å². The van der Waals surface area contributed by atoms with Gasteiger partial charge >= 0.3 is 0 Å². The van der Waals surface area contributed by atoms with Gasteiger partial charge in [0.25, 0.3) is 0 Å². The average Bonchev–Trinajstić information content (AvgIpc) is 3.66. The first-order valence-electron chi connectivity index (χ1n) is 20.6. The molecule has 0 amide bonds. The van der Waals surface area contributed by atoms with Crippen LogP contribution in [-0.2, 0) is 0 Å². The third-order valence-electron chi connectivity index (χ3n) is 11.8. The van der Waals surface area contributed by atoms with Gasteiger partial charge in [-0.15, -0.1) is 0 Å². The standard InChI is InChI=1S/C58H40N2/c1-5-19-42(20-6-1)50-29-17-31-56(58(50)44-23-9-3-10-24-44)60-54-30-16-15-28-51(54)52-36-35-49(40-57(52)60)59(48-26-11-4-12-27-48)55-37-34-47(39-53(55)43-21-7-2-8-22-43)46-33-32-41-18-13-14-25-45(41)38-46/h1-40H. The zero-order valence-corrected chi connectivity index (χ0v) is 33.0. The first-order valence-corrected chi connectivity index (χ1v) is 20.6. The fourth-order valence-electron chi connectivity index (χ4n) is 8.98. The van der Waals surface area contributed by atoms with E-state index in [-0.39, 0.29) is 0 Å². The number of hydrogen-bond donors (Lipinski definition) is 0. The highest BCUT2D eigenvalue weighted by atomic mass is 15.1. The topological polar surface area (TPSA) is 8.17 Å². The highest BCUT2D eigenvalue weighted by molar-refractivity contribution is 6.11. The van der Waals surface area contributed by atoms with E-state index < -0.39 is 0 Å². The summed E-state index contributed by atoms with van der Waals surface area (Å²) in [6.07, 6.45) is 0. The predicted molar refractivity (Wildman–Crippen MR) is 255 cm³/mol. The predicted octanol–water partition coefficient (Wildman–Crippen LogP) is 16.1. The van der Waals surface area contributed by atoms with E-state index in [0.29, 0.717) is 0 Å². The zero-order chi connectivity index (χ0) is 39.8. The minimum atomic E-state index is 1.08. The van der Waals surface area contributed by atoms with Crippen LogP contribution < -0.4 is 4.90 Å². The number of anilines is 3. The molecule has 11 rings (SSSR count). The number of benzene rings is 10. The lowest BCUT2D eigenvalue weighted by atomic mass is 9.93. The van der Waals surface area contributed by atoms with Gasteiger partial charge in [0.2, 0.25) is 0 Å². The van der Waals surface area contributed by atoms with E-state index in [0.717, 1.165) is 39.4 Å². The van der Waals surface area contributed by atoms with E-state index in [4.69, 9.17) is 0 Å². The zero-order valence-electron chi connectivity index (χ0n) is 33.0. The minimum Gasteiger partial charge on any atom is -0.310 e. The first kappa shape index (κ1) is 35.2. The summed E-state index contributed by atoms with van der Waals surface area (Å²) in [5.74, 6) is 0. The molecule has 0 fully saturated rings. The molecule has 11 aromatic rings. The monoisotopic (exact) mass is 764 g/mol. The second-order valence-corrected chi connectivity index (χ2v) is 15.3. The van der Waals surface area contributed by atoms with Gasteiger partial charge in [0.1, 0.15) is 0 Å². The lowest BCUT2D eigenvalue weighted by molar-refractivity contribution is 1.18. The van der Waals surface area contributed by atoms with Crippen LogP contribution in [0.3, 0.4) is 0 Å². The van der Waals surface area contributed by atoms with Crippen molar-refractivity contribution in [1.82, 2.24) is 4.57 Å². The van der Waals surface area contributed by atoms with Crippen molar-refractivity contribution in [1.29, 1.82) is 0 Å². The van der Waals surface area contributed by atoms with E-state index in [2.05, 4.69) is 252 Å². The Bertz CT molecular complexity index is 3300. The van der Waals surface area contributed by atoms with Gasteiger partial charge in [-0.1, -0.05) is 188 Å². The van der Waals surface area contributed by atoms with Gasteiger partial charge in [-0.2, -0.15) is 0 Å². The maximum absolute atomic E-state index is 2.48. The van der Waals surface area contributed by atoms with Crippen molar-refractivity contribution in [2.24, 2.45) is 0 Å². The van der Waals surface area contributed by atoms with Crippen molar-refractivity contribution >= 4 is 49.6 Å². The summed E-state index contributed by atoms with van der Waals surface area (Å²) in [5, 5.41) is 4.91. The summed E-state index contributed by atoms with van der Waals surface area (Å²) in [4.78, 5) is 2.42. The summed E-state index contributed by atoms with van der Waals surface area (Å²) in [6, 6.07) is 88.0. The van der Waals surface area contributed by atoms with E-state index in [1.165, 1.54) is 60.4 Å². The van der Waals surface area contributed by atoms with Crippen LogP contribution >= 0.6 is 0 Å². The third kappa shape index (κ3) is 6.23. The Hall–Kier alpha value is -7.94. The Kier molecular flexibility index (Phi) is 8.87. The number of fused-ring (bicyclic) bond motifs is 4. The molecule has 0 aliphatic carbocycles. The lowest BCUT2D eigenvalue weighted by Crippen LogP contribution is -2.11. The maximum atomic E-state index is 2.48. The SMILES string of the molecule is c1ccc(-c2cc(-c3ccc4ccccc4c3)ccc2N(c2ccccc2)c2ccc3c4ccccc4n(-c4cccc(-c5ccccc5)c4-c4ccccc4)c3c2)cc1. The van der Waals surface area contributed by atoms with Crippen molar-refractivity contribution in [3.63, 3.8) is 0 Å². The Balaban J connectivity index is 1.16. The van der Waals surface area contributed by atoms with Gasteiger partial charge < -0.3 is 9.47 Å². The number of para-hydroxylation sites is 2. The van der Waals surface area contributed by atoms with E-state index in [9.17, 15) is 0 Å². The molecule has 0 bridgehead atoms. The van der Waals surface area contributed by atoms with Gasteiger partial charge in [-0.05, 0) is 98.8 Å². The van der Waals surface area contributed by atoms with E-state index >= 15 is 0 Å². The Morgan fingerprint density at radius 3 is 1.63 bits per heavy atom. The van der Waals surface area contributed by atoms with Crippen LogP contribution in [0.2, 0.25) is 0 Å². The molecule has 0 saturated heterocycles. The van der Waals surface area contributed by atoms with Crippen molar-refractivity contribution in [3.05, 3.63) is 243 Å². The largest absolute Gasteiger partial charge is 0.310 e. The maximum Gasteiger partial charge on any atom is 0.0562 e. The lowest BCUT2D eigenvalue weighted by Gasteiger charge is -2.28. The van der Waals surface area contributed by atoms with Crippen LogP contribution in [0.25, 0.3) is 82.8 Å². The highest BCUT2D eigenvalue weighted by Crippen LogP contribution is 2.46. The number of nitrogens with zero attached hydrogens (tertiary/aromatic N) is 2. The number of aromatic nitrogens is 1. The van der Waals surface area contributed by atoms with Crippen LogP contribution in [-0.4, -0.2) is 4.57 Å². The van der Waals surface area contributed by atoms with E-state index in [1.54, 1.807) is 0 Å². The molecule has 0 spiro atoms. The van der Waals surface area contributed by atoms with E-state index in [1.807, 2.05) is 0 Å². The molecule has 0 atom stereocenters. The summed E-state index contributed by atoms with van der Waals surface area (Å²) < 4.78 is 2.48. The molecular weight excluding hydrogens is 725 g/mol. The first-order chi connectivity index (χ1) is 29.8. The summed E-state index contributed by atoms with van der Waals surface area (Å²) in [6.45, 7) is 0. The molecule has 60 heavy (non-hydrogen) atoms. The molecular formula is C58H40N2. The Labute approximate surface area is 350 Å². The number of rotatable bonds is 8. The van der Waals surface area contributed by atoms with Crippen LogP contribution in [0.15, 0.2) is 243 Å². The molecule has 0 aliphatic rings. The van der Waals surface area contributed by atoms with Crippen LogP contribution in [0.1, 0.15) is 0 Å². The van der Waals surface area contributed by atoms with Crippen molar-refractivity contribution < 1.29 is 0 Å². The van der Waals surface area contributed by atoms with Gasteiger partial charge in [0.05, 0.1) is 22.4 Å². The highest BCUT2D eigenvalue weighted by Gasteiger charge is 2.23. The molecule has 0 saturated carbocycles. The second kappa shape index (κ2) is 15.1. The Morgan fingerprint density at radius 1 is 0.300 bits per heavy atom. The molecule has 1 aromatic heterocycles. The summed E-state index contributed by atoms with van der Waals surface area (Å²) in [7, 11) is 0. The molecule has 10 aromatic carbocycles. The van der Waals surface area contributed by atoms with Gasteiger partial charge in [0.15, 0.2) is 0 Å². The molecule has 2 nitrogen and oxygen atoms in total. The molecule has 0 N–H and O–H groups in total. The smallest absolute Gasteiger partial charge is 0.0562 e. The van der Waals surface area contributed by atoms with Crippen LogP contribution in [0, 0.1) is 0 Å². The quantitative estimate of drug-likeness (QED) is 0.150. The molecule has 1 heterocycles. The van der Waals surface area contributed by atoms with Crippen molar-refractivity contribution in [2.45, 2.75) is 0 Å². The normalized spacial score (nSPS) is 11.3. The van der Waals surface area contributed by atoms with Crippen molar-refractivity contribution in [3.8, 4) is 50.2 Å². The molecule has 2 heteroatoms. The molecule has 0 aliphatic heterocycles. The van der Waals surface area contributed by atoms with Gasteiger partial charge in [0, 0.05) is 33.3 Å². The third-order valence-corrected chi connectivity index (χ3v) is 11.8. The fraction of sp³-hybridized carbons (Fsp3) is 0. The molecule has 282 valence electrons. The summed E-state index contributed by atoms with van der Waals surface area (Å²) in [5.41, 5.74) is 16.2. The Morgan fingerprint density at radius 2 is 0.883 bits per heavy atom. The number of hydrogen-bond acceptors (Lipinski definition) is 1. The van der Waals surface area contributed by atoms with Gasteiger partial charge in [-0.25, -0.2) is 0 Å². The second-order valence-electron chi connectivity index (χ2n) is 15.3.